The molecule has 0 spiro atoms. The van der Waals surface area contributed by atoms with Crippen LogP contribution in [0, 0.1) is 0 Å². The second-order valence-electron chi connectivity index (χ2n) is 6.78. The number of likely N-dealkylation sites (tertiary alicyclic amines) is 1. The number of hydrogen-bond donors (Lipinski definition) is 1. The zero-order valence-electron chi connectivity index (χ0n) is 14.9. The van der Waals surface area contributed by atoms with Crippen LogP contribution in [0.1, 0.15) is 12.1 Å². The summed E-state index contributed by atoms with van der Waals surface area (Å²) in [7, 11) is 1.71. The van der Waals surface area contributed by atoms with Crippen LogP contribution in [0.4, 0.5) is 13.2 Å². The molecule has 1 aromatic heterocycles. The van der Waals surface area contributed by atoms with E-state index < -0.39 is 12.7 Å². The first-order valence-corrected chi connectivity index (χ1v) is 8.82. The molecule has 146 valence electrons. The van der Waals surface area contributed by atoms with Gasteiger partial charge in [-0.25, -0.2) is 0 Å². The van der Waals surface area contributed by atoms with Gasteiger partial charge in [0.15, 0.2) is 5.96 Å². The molecule has 26 heavy (non-hydrogen) atoms. The van der Waals surface area contributed by atoms with Crippen molar-refractivity contribution in [2.75, 3.05) is 52.9 Å². The molecule has 0 aromatic carbocycles. The minimum Gasteiger partial charge on any atom is -0.364 e. The molecule has 0 amide bonds. The van der Waals surface area contributed by atoms with Crippen LogP contribution in [-0.4, -0.2) is 90.9 Å². The van der Waals surface area contributed by atoms with Crippen LogP contribution in [0.2, 0.25) is 0 Å². The van der Waals surface area contributed by atoms with Crippen molar-refractivity contribution in [3.05, 3.63) is 18.0 Å². The summed E-state index contributed by atoms with van der Waals surface area (Å²) in [6.07, 6.45) is -1.88. The minimum atomic E-state index is -4.14. The van der Waals surface area contributed by atoms with E-state index in [9.17, 15) is 13.2 Å². The Kier molecular flexibility index (Phi) is 6.02. The van der Waals surface area contributed by atoms with Crippen molar-refractivity contribution in [3.8, 4) is 0 Å². The molecule has 2 aliphatic rings. The van der Waals surface area contributed by atoms with Gasteiger partial charge in [0.05, 0.1) is 12.2 Å². The Morgan fingerprint density at radius 3 is 2.65 bits per heavy atom. The highest BCUT2D eigenvalue weighted by molar-refractivity contribution is 5.80. The third kappa shape index (κ3) is 5.34. The summed E-state index contributed by atoms with van der Waals surface area (Å²) in [5.41, 5.74) is 0.914. The first-order chi connectivity index (χ1) is 12.4. The van der Waals surface area contributed by atoms with Gasteiger partial charge in [0.25, 0.3) is 0 Å². The molecular formula is C16H25F3N6O. The quantitative estimate of drug-likeness (QED) is 0.627. The second-order valence-corrected chi connectivity index (χ2v) is 6.78. The van der Waals surface area contributed by atoms with Gasteiger partial charge in [-0.2, -0.15) is 13.2 Å². The molecule has 3 heterocycles. The molecule has 10 heteroatoms. The number of hydrogen-bond acceptors (Lipinski definition) is 5. The maximum atomic E-state index is 12.5. The molecule has 0 saturated carbocycles. The van der Waals surface area contributed by atoms with Crippen LogP contribution in [0.3, 0.4) is 0 Å². The molecule has 1 atom stereocenters. The van der Waals surface area contributed by atoms with Crippen molar-refractivity contribution in [1.29, 1.82) is 0 Å². The molecule has 2 saturated heterocycles. The van der Waals surface area contributed by atoms with Gasteiger partial charge in [-0.3, -0.25) is 14.8 Å². The third-order valence-electron chi connectivity index (χ3n) is 4.77. The van der Waals surface area contributed by atoms with Gasteiger partial charge in [0, 0.05) is 65.0 Å². The largest absolute Gasteiger partial charge is 0.401 e. The second kappa shape index (κ2) is 8.26. The number of aliphatic imine (C=N–C) groups is 1. The lowest BCUT2D eigenvalue weighted by Crippen LogP contribution is -2.54. The van der Waals surface area contributed by atoms with Crippen LogP contribution in [0.5, 0.6) is 0 Å². The predicted octanol–water partition coefficient (Wildman–Crippen LogP) is 1.00. The van der Waals surface area contributed by atoms with Crippen molar-refractivity contribution < 1.29 is 17.7 Å². The number of aromatic nitrogens is 1. The first kappa shape index (κ1) is 19.0. The van der Waals surface area contributed by atoms with E-state index in [-0.39, 0.29) is 6.04 Å². The zero-order valence-corrected chi connectivity index (χ0v) is 14.9. The lowest BCUT2D eigenvalue weighted by Gasteiger charge is -2.36. The lowest BCUT2D eigenvalue weighted by molar-refractivity contribution is -0.143. The first-order valence-electron chi connectivity index (χ1n) is 8.82. The van der Waals surface area contributed by atoms with E-state index in [1.54, 1.807) is 13.3 Å². The summed E-state index contributed by atoms with van der Waals surface area (Å²) in [5.74, 6) is 0.768. The fourth-order valence-electron chi connectivity index (χ4n) is 3.49. The van der Waals surface area contributed by atoms with E-state index in [1.165, 1.54) is 4.90 Å². The Bertz CT molecular complexity index is 583. The van der Waals surface area contributed by atoms with Crippen LogP contribution in [0.25, 0.3) is 0 Å². The minimum absolute atomic E-state index is 0.00390. The van der Waals surface area contributed by atoms with E-state index >= 15 is 0 Å². The van der Waals surface area contributed by atoms with Crippen molar-refractivity contribution in [1.82, 2.24) is 25.2 Å². The molecule has 1 unspecified atom stereocenters. The Balaban J connectivity index is 1.44. The smallest absolute Gasteiger partial charge is 0.364 e. The number of guanidine groups is 1. The zero-order chi connectivity index (χ0) is 18.6. The molecule has 2 fully saturated rings. The number of halogens is 3. The number of alkyl halides is 3. The molecule has 1 aromatic rings. The average Bonchev–Trinajstić information content (AvgIpc) is 3.24. The van der Waals surface area contributed by atoms with E-state index in [1.807, 2.05) is 6.07 Å². The molecule has 0 bridgehead atoms. The van der Waals surface area contributed by atoms with Gasteiger partial charge in [0.1, 0.15) is 6.26 Å². The highest BCUT2D eigenvalue weighted by Gasteiger charge is 2.35. The van der Waals surface area contributed by atoms with Crippen LogP contribution < -0.4 is 5.32 Å². The summed E-state index contributed by atoms with van der Waals surface area (Å²) in [6.45, 7) is 4.14. The molecule has 2 aliphatic heterocycles. The summed E-state index contributed by atoms with van der Waals surface area (Å²) in [6, 6.07) is 1.86. The summed E-state index contributed by atoms with van der Waals surface area (Å²) in [4.78, 5) is 10.2. The third-order valence-corrected chi connectivity index (χ3v) is 4.77. The Morgan fingerprint density at radius 2 is 2.04 bits per heavy atom. The van der Waals surface area contributed by atoms with Gasteiger partial charge in [-0.05, 0) is 6.42 Å². The fraction of sp³-hybridized carbons (Fsp3) is 0.750. The topological polar surface area (TPSA) is 60.1 Å². The highest BCUT2D eigenvalue weighted by atomic mass is 19.4. The molecular weight excluding hydrogens is 349 g/mol. The summed E-state index contributed by atoms with van der Waals surface area (Å²) >= 11 is 0. The number of piperazine rings is 1. The maximum Gasteiger partial charge on any atom is 0.401 e. The lowest BCUT2D eigenvalue weighted by atomic mass is 10.2. The molecule has 3 rings (SSSR count). The van der Waals surface area contributed by atoms with E-state index in [0.29, 0.717) is 19.5 Å². The predicted molar refractivity (Wildman–Crippen MR) is 90.7 cm³/mol. The SMILES string of the molecule is CN=C(NC1CCN(CC(F)(F)F)C1)N1CCN(Cc2ccon2)CC1. The highest BCUT2D eigenvalue weighted by Crippen LogP contribution is 2.20. The number of nitrogens with one attached hydrogen (secondary N) is 1. The van der Waals surface area contributed by atoms with E-state index in [4.69, 9.17) is 4.52 Å². The summed E-state index contributed by atoms with van der Waals surface area (Å²) in [5, 5.41) is 7.26. The van der Waals surface area contributed by atoms with Crippen molar-refractivity contribution in [2.24, 2.45) is 4.99 Å². The summed E-state index contributed by atoms with van der Waals surface area (Å²) < 4.78 is 42.4. The van der Waals surface area contributed by atoms with Gasteiger partial charge in [-0.15, -0.1) is 0 Å². The normalized spacial score (nSPS) is 23.6. The Labute approximate surface area is 150 Å². The maximum absolute atomic E-state index is 12.5. The molecule has 1 N–H and O–H groups in total. The molecule has 0 radical (unpaired) electrons. The molecule has 0 aliphatic carbocycles. The Morgan fingerprint density at radius 1 is 1.27 bits per heavy atom. The van der Waals surface area contributed by atoms with Crippen molar-refractivity contribution in [2.45, 2.75) is 25.2 Å². The Hall–Kier alpha value is -1.81. The monoisotopic (exact) mass is 374 g/mol. The van der Waals surface area contributed by atoms with Crippen LogP contribution >= 0.6 is 0 Å². The van der Waals surface area contributed by atoms with Crippen molar-refractivity contribution in [3.63, 3.8) is 0 Å². The van der Waals surface area contributed by atoms with Crippen LogP contribution in [0.15, 0.2) is 21.8 Å². The van der Waals surface area contributed by atoms with E-state index in [0.717, 1.165) is 44.4 Å². The number of rotatable bonds is 4. The van der Waals surface area contributed by atoms with Gasteiger partial charge in [0.2, 0.25) is 0 Å². The van der Waals surface area contributed by atoms with Gasteiger partial charge < -0.3 is 14.7 Å². The van der Waals surface area contributed by atoms with Crippen molar-refractivity contribution >= 4 is 5.96 Å². The van der Waals surface area contributed by atoms with Gasteiger partial charge in [-0.1, -0.05) is 5.16 Å². The van der Waals surface area contributed by atoms with Gasteiger partial charge >= 0.3 is 6.18 Å². The van der Waals surface area contributed by atoms with E-state index in [2.05, 4.69) is 25.3 Å². The number of nitrogens with zero attached hydrogens (tertiary/aromatic N) is 5. The standard InChI is InChI=1S/C16H25F3N6O/c1-20-15(21-13-2-4-24(10-13)12-16(17,18)19)25-7-5-23(6-8-25)11-14-3-9-26-22-14/h3,9,13H,2,4-8,10-12H2,1H3,(H,20,21). The molecule has 7 nitrogen and oxygen atoms in total. The average molecular weight is 374 g/mol. The van der Waals surface area contributed by atoms with Crippen LogP contribution in [-0.2, 0) is 6.54 Å². The fourth-order valence-corrected chi connectivity index (χ4v) is 3.49.